The van der Waals surface area contributed by atoms with Crippen molar-refractivity contribution < 1.29 is 23.8 Å². The zero-order valence-electron chi connectivity index (χ0n) is 14.0. The summed E-state index contributed by atoms with van der Waals surface area (Å²) in [5.41, 5.74) is 0.284. The highest BCUT2D eigenvalue weighted by Crippen LogP contribution is 2.34. The third-order valence-corrected chi connectivity index (χ3v) is 4.07. The number of hydrogen-bond acceptors (Lipinski definition) is 3. The zero-order chi connectivity index (χ0) is 17.9. The van der Waals surface area contributed by atoms with Crippen molar-refractivity contribution in [2.45, 2.75) is 45.6 Å². The first-order valence-electron chi connectivity index (χ1n) is 7.81. The van der Waals surface area contributed by atoms with Gasteiger partial charge in [-0.1, -0.05) is 51.1 Å². The Hall–Kier alpha value is -2.31. The molecule has 3 unspecified atom stereocenters. The number of benzene rings is 1. The summed E-state index contributed by atoms with van der Waals surface area (Å²) >= 11 is 0. The molecule has 1 aromatic carbocycles. The van der Waals surface area contributed by atoms with E-state index in [2.05, 4.69) is 5.32 Å². The van der Waals surface area contributed by atoms with Crippen molar-refractivity contribution in [1.29, 1.82) is 0 Å². The maximum atomic E-state index is 14.3. The number of rotatable bonds is 3. The topological polar surface area (TPSA) is 78.9 Å². The van der Waals surface area contributed by atoms with E-state index in [1.807, 2.05) is 51.1 Å². The van der Waals surface area contributed by atoms with Crippen LogP contribution in [-0.2, 0) is 11.3 Å². The molecule has 2 N–H and O–H groups in total. The summed E-state index contributed by atoms with van der Waals surface area (Å²) < 4.78 is 19.4. The van der Waals surface area contributed by atoms with Crippen LogP contribution in [0.3, 0.4) is 0 Å². The van der Waals surface area contributed by atoms with E-state index >= 15 is 0 Å². The van der Waals surface area contributed by atoms with Crippen LogP contribution in [0.25, 0.3) is 0 Å². The maximum absolute atomic E-state index is 14.3. The summed E-state index contributed by atoms with van der Waals surface area (Å²) in [6.07, 6.45) is -3.43. The van der Waals surface area contributed by atoms with Crippen molar-refractivity contribution in [1.82, 2.24) is 10.2 Å². The second-order valence-corrected chi connectivity index (χ2v) is 6.99. The van der Waals surface area contributed by atoms with Crippen LogP contribution in [0.15, 0.2) is 30.3 Å². The Balaban J connectivity index is 2.03. The predicted octanol–water partition coefficient (Wildman–Crippen LogP) is 3.03. The zero-order valence-corrected chi connectivity index (χ0v) is 14.0. The number of amides is 2. The highest BCUT2D eigenvalue weighted by molar-refractivity contribution is 5.70. The van der Waals surface area contributed by atoms with E-state index in [0.29, 0.717) is 0 Å². The van der Waals surface area contributed by atoms with Gasteiger partial charge in [-0.3, -0.25) is 4.90 Å². The maximum Gasteiger partial charge on any atom is 0.407 e. The number of alkyl halides is 1. The molecule has 1 saturated heterocycles. The molecular formula is C17H23FN2O4. The highest BCUT2D eigenvalue weighted by atomic mass is 19.1. The van der Waals surface area contributed by atoms with E-state index in [9.17, 15) is 19.1 Å². The fourth-order valence-electron chi connectivity index (χ4n) is 3.08. The van der Waals surface area contributed by atoms with Gasteiger partial charge < -0.3 is 15.2 Å². The van der Waals surface area contributed by atoms with Gasteiger partial charge in [-0.05, 0) is 11.0 Å². The molecule has 132 valence electrons. The predicted molar refractivity (Wildman–Crippen MR) is 86.4 cm³/mol. The summed E-state index contributed by atoms with van der Waals surface area (Å²) in [6.45, 7) is 5.25. The van der Waals surface area contributed by atoms with Crippen LogP contribution in [0.1, 0.15) is 26.3 Å². The van der Waals surface area contributed by atoms with Crippen LogP contribution in [0.2, 0.25) is 0 Å². The number of nitrogens with one attached hydrogen (secondary N) is 1. The summed E-state index contributed by atoms with van der Waals surface area (Å²) in [5, 5.41) is 11.8. The van der Waals surface area contributed by atoms with Crippen LogP contribution in [0, 0.1) is 5.41 Å². The molecule has 0 bridgehead atoms. The lowest BCUT2D eigenvalue weighted by Gasteiger charge is -2.36. The lowest BCUT2D eigenvalue weighted by molar-refractivity contribution is 0.0904. The van der Waals surface area contributed by atoms with E-state index in [-0.39, 0.29) is 13.2 Å². The molecule has 0 radical (unpaired) electrons. The molecule has 1 fully saturated rings. The van der Waals surface area contributed by atoms with Gasteiger partial charge in [-0.15, -0.1) is 0 Å². The molecule has 1 aliphatic heterocycles. The highest BCUT2D eigenvalue weighted by Gasteiger charge is 2.50. The number of halogens is 1. The molecule has 7 heteroatoms. The number of alkyl carbamates (subject to hydrolysis) is 1. The first-order chi connectivity index (χ1) is 11.2. The van der Waals surface area contributed by atoms with E-state index in [1.54, 1.807) is 0 Å². The van der Waals surface area contributed by atoms with E-state index in [4.69, 9.17) is 4.74 Å². The molecule has 1 aliphatic rings. The Morgan fingerprint density at radius 2 is 1.96 bits per heavy atom. The van der Waals surface area contributed by atoms with Crippen LogP contribution in [0.5, 0.6) is 0 Å². The van der Waals surface area contributed by atoms with Gasteiger partial charge in [0.25, 0.3) is 0 Å². The van der Waals surface area contributed by atoms with Gasteiger partial charge in [-0.2, -0.15) is 0 Å². The van der Waals surface area contributed by atoms with E-state index in [0.717, 1.165) is 10.5 Å². The minimum Gasteiger partial charge on any atom is -0.465 e. The van der Waals surface area contributed by atoms with Gasteiger partial charge in [0, 0.05) is 0 Å². The fraction of sp³-hybridized carbons (Fsp3) is 0.529. The Kier molecular flexibility index (Phi) is 5.31. The molecule has 2 rings (SSSR count). The number of ether oxygens (including phenoxy) is 1. The van der Waals surface area contributed by atoms with E-state index in [1.165, 1.54) is 0 Å². The monoisotopic (exact) mass is 338 g/mol. The SMILES string of the molecule is CC(C)(C)C1C(NC(=O)OCc2ccccc2)C(F)CN1C(=O)O. The number of carboxylic acid groups (broad SMARTS) is 1. The molecule has 6 nitrogen and oxygen atoms in total. The van der Waals surface area contributed by atoms with Gasteiger partial charge in [0.2, 0.25) is 0 Å². The second kappa shape index (κ2) is 7.07. The van der Waals surface area contributed by atoms with Gasteiger partial charge in [-0.25, -0.2) is 14.0 Å². The standard InChI is InChI=1S/C17H23FN2O4/c1-17(2,3)14-13(12(18)9-20(14)16(22)23)19-15(21)24-10-11-7-5-4-6-8-11/h4-8,12-14H,9-10H2,1-3H3,(H,19,21)(H,22,23). The average molecular weight is 338 g/mol. The molecule has 0 spiro atoms. The van der Waals surface area contributed by atoms with Crippen molar-refractivity contribution in [3.8, 4) is 0 Å². The molecular weight excluding hydrogens is 315 g/mol. The van der Waals surface area contributed by atoms with Gasteiger partial charge >= 0.3 is 12.2 Å². The number of likely N-dealkylation sites (tertiary alicyclic amines) is 1. The summed E-state index contributed by atoms with van der Waals surface area (Å²) in [5.74, 6) is 0. The lowest BCUT2D eigenvalue weighted by atomic mass is 9.82. The third kappa shape index (κ3) is 4.15. The van der Waals surface area contributed by atoms with E-state index < -0.39 is 35.9 Å². The smallest absolute Gasteiger partial charge is 0.407 e. The second-order valence-electron chi connectivity index (χ2n) is 6.99. The fourth-order valence-corrected chi connectivity index (χ4v) is 3.08. The van der Waals surface area contributed by atoms with Crippen molar-refractivity contribution in [3.63, 3.8) is 0 Å². The molecule has 24 heavy (non-hydrogen) atoms. The van der Waals surface area contributed by atoms with Crippen LogP contribution >= 0.6 is 0 Å². The average Bonchev–Trinajstić information content (AvgIpc) is 2.83. The van der Waals surface area contributed by atoms with Gasteiger partial charge in [0.1, 0.15) is 12.8 Å². The molecule has 0 saturated carbocycles. The number of hydrogen-bond donors (Lipinski definition) is 2. The Morgan fingerprint density at radius 1 is 1.33 bits per heavy atom. The minimum absolute atomic E-state index is 0.0686. The number of carbonyl (C=O) groups is 2. The van der Waals surface area contributed by atoms with Crippen LogP contribution < -0.4 is 5.32 Å². The molecule has 1 heterocycles. The number of carbonyl (C=O) groups excluding carboxylic acids is 1. The van der Waals surface area contributed by atoms with Gasteiger partial charge in [0.05, 0.1) is 18.6 Å². The third-order valence-electron chi connectivity index (χ3n) is 4.07. The molecule has 2 amide bonds. The Bertz CT molecular complexity index is 588. The quantitative estimate of drug-likeness (QED) is 0.888. The van der Waals surface area contributed by atoms with Crippen molar-refractivity contribution >= 4 is 12.2 Å². The normalized spacial score (nSPS) is 23.8. The first-order valence-corrected chi connectivity index (χ1v) is 7.81. The number of nitrogens with zero attached hydrogens (tertiary/aromatic N) is 1. The van der Waals surface area contributed by atoms with Crippen molar-refractivity contribution in [3.05, 3.63) is 35.9 Å². The summed E-state index contributed by atoms with van der Waals surface area (Å²) in [7, 11) is 0. The Labute approximate surface area is 140 Å². The first kappa shape index (κ1) is 18.0. The Morgan fingerprint density at radius 3 is 2.50 bits per heavy atom. The molecule has 1 aromatic rings. The van der Waals surface area contributed by atoms with Crippen molar-refractivity contribution in [2.75, 3.05) is 6.54 Å². The van der Waals surface area contributed by atoms with Crippen LogP contribution in [0.4, 0.5) is 14.0 Å². The van der Waals surface area contributed by atoms with Crippen LogP contribution in [-0.4, -0.2) is 47.0 Å². The molecule has 3 atom stereocenters. The molecule has 0 aromatic heterocycles. The summed E-state index contributed by atoms with van der Waals surface area (Å²) in [6, 6.07) is 7.51. The summed E-state index contributed by atoms with van der Waals surface area (Å²) in [4.78, 5) is 24.4. The molecule has 0 aliphatic carbocycles. The van der Waals surface area contributed by atoms with Crippen molar-refractivity contribution in [2.24, 2.45) is 5.41 Å². The minimum atomic E-state index is -1.48. The largest absolute Gasteiger partial charge is 0.465 e. The lowest BCUT2D eigenvalue weighted by Crippen LogP contribution is -2.54. The van der Waals surface area contributed by atoms with Gasteiger partial charge in [0.15, 0.2) is 0 Å².